The van der Waals surface area contributed by atoms with E-state index in [1.165, 1.54) is 0 Å². The van der Waals surface area contributed by atoms with Crippen molar-refractivity contribution < 1.29 is 4.79 Å². The normalized spacial score (nSPS) is 11.2. The number of rotatable bonds is 6. The van der Waals surface area contributed by atoms with Gasteiger partial charge in [0.25, 0.3) is 0 Å². The van der Waals surface area contributed by atoms with Gasteiger partial charge in [-0.1, -0.05) is 13.0 Å². The summed E-state index contributed by atoms with van der Waals surface area (Å²) < 4.78 is 0. The average Bonchev–Trinajstić information content (AvgIpc) is 3.53. The standard InChI is InChI=1S/C26H21N9O/c1-2-4-22(36)31-18-7-16(10-28-12-18)17-8-19-24(34-35-25(19)30-11-17)26-32-21-14-29-13-20(23(21)33-26)15-5-3-6-27-9-15/h3,5-14H,2,4H2,1H3,(H,31,36)(H,32,33)(H,30,34,35). The van der Waals surface area contributed by atoms with E-state index in [0.29, 0.717) is 29.3 Å². The number of nitrogens with zero attached hydrogens (tertiary/aromatic N) is 6. The number of fused-ring (bicyclic) bond motifs is 2. The Morgan fingerprint density at radius 2 is 1.83 bits per heavy atom. The summed E-state index contributed by atoms with van der Waals surface area (Å²) >= 11 is 0. The Labute approximate surface area is 205 Å². The predicted molar refractivity (Wildman–Crippen MR) is 137 cm³/mol. The van der Waals surface area contributed by atoms with Crippen LogP contribution >= 0.6 is 0 Å². The maximum atomic E-state index is 12.0. The van der Waals surface area contributed by atoms with Crippen molar-refractivity contribution in [3.8, 4) is 33.8 Å². The van der Waals surface area contributed by atoms with Crippen molar-refractivity contribution >= 4 is 33.7 Å². The molecule has 3 N–H and O–H groups in total. The van der Waals surface area contributed by atoms with Crippen LogP contribution in [0.5, 0.6) is 0 Å². The molecule has 0 saturated carbocycles. The molecule has 0 aromatic carbocycles. The lowest BCUT2D eigenvalue weighted by atomic mass is 10.1. The maximum Gasteiger partial charge on any atom is 0.224 e. The lowest BCUT2D eigenvalue weighted by Crippen LogP contribution is -2.10. The molecular formula is C26H21N9O. The number of hydrogen-bond acceptors (Lipinski definition) is 7. The Hall–Kier alpha value is -4.99. The van der Waals surface area contributed by atoms with Gasteiger partial charge in [-0.15, -0.1) is 0 Å². The molecule has 36 heavy (non-hydrogen) atoms. The van der Waals surface area contributed by atoms with Crippen molar-refractivity contribution in [2.75, 3.05) is 5.32 Å². The zero-order chi connectivity index (χ0) is 24.5. The molecule has 0 aliphatic heterocycles. The molecule has 0 atom stereocenters. The van der Waals surface area contributed by atoms with E-state index in [2.05, 4.69) is 40.4 Å². The van der Waals surface area contributed by atoms with Crippen LogP contribution in [0.1, 0.15) is 19.8 Å². The van der Waals surface area contributed by atoms with Crippen LogP contribution in [0.4, 0.5) is 5.69 Å². The fourth-order valence-corrected chi connectivity index (χ4v) is 4.14. The molecule has 6 aromatic rings. The Morgan fingerprint density at radius 1 is 0.972 bits per heavy atom. The van der Waals surface area contributed by atoms with Gasteiger partial charge in [0.15, 0.2) is 11.5 Å². The molecule has 10 nitrogen and oxygen atoms in total. The van der Waals surface area contributed by atoms with Crippen LogP contribution in [0, 0.1) is 0 Å². The highest BCUT2D eigenvalue weighted by molar-refractivity contribution is 5.97. The van der Waals surface area contributed by atoms with Gasteiger partial charge in [0.2, 0.25) is 5.91 Å². The molecule has 0 spiro atoms. The molecular weight excluding hydrogens is 454 g/mol. The summed E-state index contributed by atoms with van der Waals surface area (Å²) in [5.74, 6) is 0.569. The van der Waals surface area contributed by atoms with Gasteiger partial charge in [0.05, 0.1) is 29.0 Å². The topological polar surface area (TPSA) is 138 Å². The summed E-state index contributed by atoms with van der Waals surface area (Å²) in [7, 11) is 0. The zero-order valence-electron chi connectivity index (χ0n) is 19.4. The van der Waals surface area contributed by atoms with Crippen molar-refractivity contribution in [3.63, 3.8) is 0 Å². The molecule has 0 bridgehead atoms. The molecule has 6 heterocycles. The molecule has 0 unspecified atom stereocenters. The first-order valence-electron chi connectivity index (χ1n) is 11.5. The van der Waals surface area contributed by atoms with Gasteiger partial charge in [0, 0.05) is 59.7 Å². The number of aromatic amines is 2. The minimum Gasteiger partial charge on any atom is -0.335 e. The van der Waals surface area contributed by atoms with Crippen molar-refractivity contribution in [1.82, 2.24) is 40.1 Å². The molecule has 10 heteroatoms. The summed E-state index contributed by atoms with van der Waals surface area (Å²) in [6.07, 6.45) is 13.4. The number of aromatic nitrogens is 8. The number of anilines is 1. The van der Waals surface area contributed by atoms with Gasteiger partial charge in [-0.2, -0.15) is 5.10 Å². The van der Waals surface area contributed by atoms with Gasteiger partial charge in [-0.05, 0) is 24.6 Å². The molecule has 0 saturated heterocycles. The average molecular weight is 476 g/mol. The van der Waals surface area contributed by atoms with Crippen LogP contribution in [-0.2, 0) is 4.79 Å². The Bertz CT molecular complexity index is 1710. The second kappa shape index (κ2) is 8.99. The molecule has 0 aliphatic rings. The molecule has 0 fully saturated rings. The van der Waals surface area contributed by atoms with Crippen molar-refractivity contribution in [3.05, 3.63) is 67.6 Å². The fraction of sp³-hybridized carbons (Fsp3) is 0.115. The number of carbonyl (C=O) groups excluding carboxylic acids is 1. The first kappa shape index (κ1) is 21.5. The van der Waals surface area contributed by atoms with Gasteiger partial charge in [0.1, 0.15) is 11.2 Å². The van der Waals surface area contributed by atoms with E-state index in [9.17, 15) is 4.79 Å². The van der Waals surface area contributed by atoms with Crippen LogP contribution in [0.2, 0.25) is 0 Å². The largest absolute Gasteiger partial charge is 0.335 e. The number of H-pyrrole nitrogens is 2. The first-order chi connectivity index (χ1) is 17.7. The Kier molecular flexibility index (Phi) is 5.38. The van der Waals surface area contributed by atoms with Crippen LogP contribution in [-0.4, -0.2) is 46.0 Å². The second-order valence-electron chi connectivity index (χ2n) is 8.36. The van der Waals surface area contributed by atoms with Gasteiger partial charge >= 0.3 is 0 Å². The molecule has 0 radical (unpaired) electrons. The van der Waals surface area contributed by atoms with Crippen LogP contribution in [0.3, 0.4) is 0 Å². The number of pyridine rings is 4. The fourth-order valence-electron chi connectivity index (χ4n) is 4.14. The quantitative estimate of drug-likeness (QED) is 0.316. The Balaban J connectivity index is 1.40. The van der Waals surface area contributed by atoms with E-state index >= 15 is 0 Å². The Morgan fingerprint density at radius 3 is 2.69 bits per heavy atom. The van der Waals surface area contributed by atoms with E-state index in [0.717, 1.165) is 45.1 Å². The molecule has 0 aliphatic carbocycles. The number of imidazole rings is 1. The van der Waals surface area contributed by atoms with Crippen LogP contribution in [0.25, 0.3) is 55.8 Å². The van der Waals surface area contributed by atoms with E-state index in [-0.39, 0.29) is 5.91 Å². The van der Waals surface area contributed by atoms with E-state index in [4.69, 9.17) is 4.98 Å². The second-order valence-corrected chi connectivity index (χ2v) is 8.36. The highest BCUT2D eigenvalue weighted by Gasteiger charge is 2.17. The van der Waals surface area contributed by atoms with E-state index < -0.39 is 0 Å². The molecule has 6 aromatic heterocycles. The minimum atomic E-state index is -0.0350. The highest BCUT2D eigenvalue weighted by atomic mass is 16.1. The maximum absolute atomic E-state index is 12.0. The van der Waals surface area contributed by atoms with Crippen LogP contribution < -0.4 is 5.32 Å². The van der Waals surface area contributed by atoms with Gasteiger partial charge in [-0.3, -0.25) is 24.8 Å². The lowest BCUT2D eigenvalue weighted by Gasteiger charge is -2.07. The lowest BCUT2D eigenvalue weighted by molar-refractivity contribution is -0.116. The summed E-state index contributed by atoms with van der Waals surface area (Å²) in [5.41, 5.74) is 7.01. The highest BCUT2D eigenvalue weighted by Crippen LogP contribution is 2.32. The third-order valence-corrected chi connectivity index (χ3v) is 5.84. The third-order valence-electron chi connectivity index (χ3n) is 5.84. The van der Waals surface area contributed by atoms with E-state index in [1.807, 2.05) is 31.2 Å². The van der Waals surface area contributed by atoms with Crippen LogP contribution in [0.15, 0.2) is 67.6 Å². The summed E-state index contributed by atoms with van der Waals surface area (Å²) in [4.78, 5) is 37.6. The van der Waals surface area contributed by atoms with Gasteiger partial charge in [-0.25, -0.2) is 9.97 Å². The summed E-state index contributed by atoms with van der Waals surface area (Å²) in [5, 5.41) is 11.2. The molecule has 1 amide bonds. The number of carbonyl (C=O) groups is 1. The summed E-state index contributed by atoms with van der Waals surface area (Å²) in [6, 6.07) is 7.74. The zero-order valence-corrected chi connectivity index (χ0v) is 19.4. The smallest absolute Gasteiger partial charge is 0.224 e. The van der Waals surface area contributed by atoms with E-state index in [1.54, 1.807) is 43.4 Å². The first-order valence-corrected chi connectivity index (χ1v) is 11.5. The molecule has 176 valence electrons. The summed E-state index contributed by atoms with van der Waals surface area (Å²) in [6.45, 7) is 1.97. The van der Waals surface area contributed by atoms with Crippen molar-refractivity contribution in [1.29, 1.82) is 0 Å². The number of nitrogens with one attached hydrogen (secondary N) is 3. The van der Waals surface area contributed by atoms with Crippen molar-refractivity contribution in [2.24, 2.45) is 0 Å². The predicted octanol–water partition coefficient (Wildman–Crippen LogP) is 4.76. The SMILES string of the molecule is CCCC(=O)Nc1cncc(-c2cnc3[nH]nc(-c4nc5c(-c6cccnc6)cncc5[nH]4)c3c2)c1. The minimum absolute atomic E-state index is 0.0350. The third kappa shape index (κ3) is 3.94. The van der Waals surface area contributed by atoms with Gasteiger partial charge < -0.3 is 10.3 Å². The molecule has 6 rings (SSSR count). The van der Waals surface area contributed by atoms with Crippen molar-refractivity contribution in [2.45, 2.75) is 19.8 Å². The monoisotopic (exact) mass is 475 g/mol. The number of hydrogen-bond donors (Lipinski definition) is 3. The number of amides is 1.